The molecule has 0 atom stereocenters. The Morgan fingerprint density at radius 2 is 1.29 bits per heavy atom. The Hall–Kier alpha value is -1.57. The number of aryl methyl sites for hydroxylation is 1. The minimum absolute atomic E-state index is 0.490. The van der Waals surface area contributed by atoms with Gasteiger partial charge in [-0.25, -0.2) is 8.78 Å². The van der Waals surface area contributed by atoms with Gasteiger partial charge in [0.2, 0.25) is 0 Å². The molecule has 0 saturated heterocycles. The Morgan fingerprint density at radius 1 is 0.806 bits per heavy atom. The first-order valence-corrected chi connectivity index (χ1v) is 11.8. The molecule has 1 aromatic carbocycles. The maximum Gasteiger partial charge on any atom is 0.458 e. The van der Waals surface area contributed by atoms with Crippen LogP contribution in [0.25, 0.3) is 0 Å². The standard InChI is InChI=1S/C26H33F5/c1-2-3-18-6-10-21(11-7-18)22-12-8-19(9-13-22)4-5-20-16-24(27)23(25(28)17-20)14-15-26(29,30)31/h16-19,21-22H,2-13H2,1H3. The molecule has 5 heteroatoms. The highest BCUT2D eigenvalue weighted by Crippen LogP contribution is 2.43. The molecule has 0 aromatic heterocycles. The van der Waals surface area contributed by atoms with Crippen LogP contribution in [0.2, 0.25) is 0 Å². The van der Waals surface area contributed by atoms with Crippen LogP contribution in [0.3, 0.4) is 0 Å². The van der Waals surface area contributed by atoms with Crippen LogP contribution in [0.1, 0.15) is 88.7 Å². The summed E-state index contributed by atoms with van der Waals surface area (Å²) in [6.07, 6.45) is 9.66. The second-order valence-corrected chi connectivity index (χ2v) is 9.57. The summed E-state index contributed by atoms with van der Waals surface area (Å²) in [5.41, 5.74) is -0.320. The summed E-state index contributed by atoms with van der Waals surface area (Å²) in [6.45, 7) is 2.27. The average Bonchev–Trinajstić information content (AvgIpc) is 2.72. The molecule has 0 N–H and O–H groups in total. The van der Waals surface area contributed by atoms with E-state index in [9.17, 15) is 22.0 Å². The van der Waals surface area contributed by atoms with E-state index < -0.39 is 23.4 Å². The molecule has 2 saturated carbocycles. The molecule has 2 aliphatic rings. The first-order chi connectivity index (χ1) is 14.7. The molecule has 2 fully saturated rings. The van der Waals surface area contributed by atoms with Crippen molar-refractivity contribution in [3.05, 3.63) is 34.9 Å². The molecule has 0 radical (unpaired) electrons. The van der Waals surface area contributed by atoms with Gasteiger partial charge < -0.3 is 0 Å². The van der Waals surface area contributed by atoms with Crippen LogP contribution in [0.5, 0.6) is 0 Å². The fraction of sp³-hybridized carbons (Fsp3) is 0.692. The summed E-state index contributed by atoms with van der Waals surface area (Å²) in [4.78, 5) is 0. The molecule has 3 rings (SSSR count). The smallest absolute Gasteiger partial charge is 0.206 e. The van der Waals surface area contributed by atoms with Crippen molar-refractivity contribution in [2.24, 2.45) is 23.7 Å². The first-order valence-electron chi connectivity index (χ1n) is 11.8. The van der Waals surface area contributed by atoms with E-state index in [0.29, 0.717) is 17.9 Å². The molecule has 2 aliphatic carbocycles. The van der Waals surface area contributed by atoms with Crippen LogP contribution >= 0.6 is 0 Å². The summed E-state index contributed by atoms with van der Waals surface area (Å²) in [6, 6.07) is 2.26. The minimum atomic E-state index is -4.77. The van der Waals surface area contributed by atoms with Crippen molar-refractivity contribution in [2.75, 3.05) is 0 Å². The van der Waals surface area contributed by atoms with Gasteiger partial charge in [0.05, 0.1) is 5.56 Å². The Bertz CT molecular complexity index is 746. The zero-order chi connectivity index (χ0) is 22.4. The third kappa shape index (κ3) is 7.22. The number of benzene rings is 1. The van der Waals surface area contributed by atoms with E-state index in [-0.39, 0.29) is 0 Å². The number of halogens is 5. The molecule has 1 aromatic rings. The highest BCUT2D eigenvalue weighted by Gasteiger charge is 2.30. The Kier molecular flexibility index (Phi) is 8.42. The quantitative estimate of drug-likeness (QED) is 0.309. The molecule has 0 nitrogen and oxygen atoms in total. The van der Waals surface area contributed by atoms with Gasteiger partial charge in [0.25, 0.3) is 0 Å². The average molecular weight is 441 g/mol. The van der Waals surface area contributed by atoms with Crippen LogP contribution in [0.4, 0.5) is 22.0 Å². The van der Waals surface area contributed by atoms with Gasteiger partial charge in [0, 0.05) is 5.92 Å². The molecule has 0 unspecified atom stereocenters. The van der Waals surface area contributed by atoms with Crippen molar-refractivity contribution in [3.8, 4) is 11.8 Å². The molecule has 0 bridgehead atoms. The lowest BCUT2D eigenvalue weighted by molar-refractivity contribution is -0.0696. The number of hydrogen-bond acceptors (Lipinski definition) is 0. The predicted octanol–water partition coefficient (Wildman–Crippen LogP) is 8.22. The first kappa shape index (κ1) is 24.1. The highest BCUT2D eigenvalue weighted by atomic mass is 19.4. The van der Waals surface area contributed by atoms with Crippen molar-refractivity contribution >= 4 is 0 Å². The summed E-state index contributed by atoms with van der Waals surface area (Å²) in [7, 11) is 0. The number of rotatable bonds is 6. The third-order valence-corrected chi connectivity index (χ3v) is 7.42. The maximum atomic E-state index is 14.1. The largest absolute Gasteiger partial charge is 0.458 e. The molecule has 0 aliphatic heterocycles. The van der Waals surface area contributed by atoms with Gasteiger partial charge in [-0.1, -0.05) is 51.4 Å². The predicted molar refractivity (Wildman–Crippen MR) is 113 cm³/mol. The van der Waals surface area contributed by atoms with E-state index >= 15 is 0 Å². The van der Waals surface area contributed by atoms with E-state index in [4.69, 9.17) is 0 Å². The highest BCUT2D eigenvalue weighted by molar-refractivity contribution is 5.40. The van der Waals surface area contributed by atoms with Crippen molar-refractivity contribution in [2.45, 2.75) is 90.1 Å². The van der Waals surface area contributed by atoms with Crippen LogP contribution in [-0.2, 0) is 6.42 Å². The normalized spacial score (nSPS) is 26.9. The van der Waals surface area contributed by atoms with Crippen LogP contribution in [0.15, 0.2) is 12.1 Å². The molecular weight excluding hydrogens is 407 g/mol. The fourth-order valence-corrected chi connectivity index (χ4v) is 5.70. The van der Waals surface area contributed by atoms with E-state index in [2.05, 4.69) is 6.92 Å². The maximum absolute atomic E-state index is 14.1. The summed E-state index contributed by atoms with van der Waals surface area (Å²) in [5.74, 6) is 3.67. The summed E-state index contributed by atoms with van der Waals surface area (Å²) >= 11 is 0. The zero-order valence-corrected chi connectivity index (χ0v) is 18.3. The Labute approximate surface area is 183 Å². The van der Waals surface area contributed by atoms with Crippen LogP contribution in [-0.4, -0.2) is 6.18 Å². The SMILES string of the molecule is CCCC1CCC(C2CCC(CCc3cc(F)c(C#CC(F)(F)F)c(F)c3)CC2)CC1. The summed E-state index contributed by atoms with van der Waals surface area (Å²) < 4.78 is 64.7. The zero-order valence-electron chi connectivity index (χ0n) is 18.3. The fourth-order valence-electron chi connectivity index (χ4n) is 5.70. The number of hydrogen-bond donors (Lipinski definition) is 0. The van der Waals surface area contributed by atoms with Gasteiger partial charge in [-0.2, -0.15) is 13.2 Å². The third-order valence-electron chi connectivity index (χ3n) is 7.42. The molecule has 0 spiro atoms. The van der Waals surface area contributed by atoms with Gasteiger partial charge in [0.15, 0.2) is 0 Å². The molecular formula is C26H33F5. The molecule has 0 amide bonds. The monoisotopic (exact) mass is 440 g/mol. The number of alkyl halides is 3. The van der Waals surface area contributed by atoms with E-state index in [1.807, 2.05) is 0 Å². The van der Waals surface area contributed by atoms with Crippen molar-refractivity contribution in [3.63, 3.8) is 0 Å². The van der Waals surface area contributed by atoms with E-state index in [1.165, 1.54) is 64.2 Å². The molecule has 31 heavy (non-hydrogen) atoms. The van der Waals surface area contributed by atoms with Crippen molar-refractivity contribution < 1.29 is 22.0 Å². The Balaban J connectivity index is 1.46. The molecule has 172 valence electrons. The Morgan fingerprint density at radius 3 is 1.74 bits per heavy atom. The van der Waals surface area contributed by atoms with Gasteiger partial charge in [0.1, 0.15) is 11.6 Å². The van der Waals surface area contributed by atoms with E-state index in [0.717, 1.165) is 42.2 Å². The van der Waals surface area contributed by atoms with Crippen molar-refractivity contribution in [1.29, 1.82) is 0 Å². The lowest BCUT2D eigenvalue weighted by atomic mass is 9.68. The second-order valence-electron chi connectivity index (χ2n) is 9.57. The van der Waals surface area contributed by atoms with Gasteiger partial charge in [-0.05, 0) is 79.9 Å². The minimum Gasteiger partial charge on any atom is -0.206 e. The molecule has 0 heterocycles. The lowest BCUT2D eigenvalue weighted by Gasteiger charge is -2.38. The van der Waals surface area contributed by atoms with Crippen LogP contribution < -0.4 is 0 Å². The van der Waals surface area contributed by atoms with Gasteiger partial charge >= 0.3 is 6.18 Å². The van der Waals surface area contributed by atoms with E-state index in [1.54, 1.807) is 5.92 Å². The van der Waals surface area contributed by atoms with Gasteiger partial charge in [-0.3, -0.25) is 0 Å². The van der Waals surface area contributed by atoms with Crippen LogP contribution in [0, 0.1) is 47.1 Å². The second kappa shape index (κ2) is 10.8. The van der Waals surface area contributed by atoms with Gasteiger partial charge in [-0.15, -0.1) is 0 Å². The summed E-state index contributed by atoms with van der Waals surface area (Å²) in [5, 5.41) is 0. The topological polar surface area (TPSA) is 0 Å². The lowest BCUT2D eigenvalue weighted by Crippen LogP contribution is -2.26. The van der Waals surface area contributed by atoms with Crippen molar-refractivity contribution in [1.82, 2.24) is 0 Å².